The molecule has 0 spiro atoms. The summed E-state index contributed by atoms with van der Waals surface area (Å²) in [4.78, 5) is 23.7. The molecule has 120 valence electrons. The number of carbonyl (C=O) groups excluding carboxylic acids is 1. The minimum absolute atomic E-state index is 0.00322. The molecule has 5 nitrogen and oxygen atoms in total. The van der Waals surface area contributed by atoms with Crippen LogP contribution in [0.4, 0.5) is 0 Å². The quantitative estimate of drug-likeness (QED) is 0.667. The lowest BCUT2D eigenvalue weighted by Crippen LogP contribution is -2.48. The van der Waals surface area contributed by atoms with Gasteiger partial charge in [-0.2, -0.15) is 0 Å². The molecule has 0 heterocycles. The largest absolute Gasteiger partial charge is 0.481 e. The van der Waals surface area contributed by atoms with Crippen LogP contribution in [-0.4, -0.2) is 29.1 Å². The molecule has 6 unspecified atom stereocenters. The first-order chi connectivity index (χ1) is 9.90. The van der Waals surface area contributed by atoms with Gasteiger partial charge in [0.2, 0.25) is 5.91 Å². The molecular weight excluding hydrogens is 268 g/mol. The Labute approximate surface area is 126 Å². The van der Waals surface area contributed by atoms with Crippen LogP contribution in [-0.2, 0) is 9.59 Å². The van der Waals surface area contributed by atoms with Crippen molar-refractivity contribution in [2.45, 2.75) is 64.5 Å². The predicted molar refractivity (Wildman–Crippen MR) is 80.6 cm³/mol. The lowest BCUT2D eigenvalue weighted by molar-refractivity contribution is -0.145. The van der Waals surface area contributed by atoms with Crippen molar-refractivity contribution < 1.29 is 14.7 Å². The molecule has 0 aliphatic heterocycles. The summed E-state index contributed by atoms with van der Waals surface area (Å²) in [6.45, 7) is 3.89. The van der Waals surface area contributed by atoms with E-state index in [9.17, 15) is 14.7 Å². The Morgan fingerprint density at radius 2 is 1.90 bits per heavy atom. The van der Waals surface area contributed by atoms with Gasteiger partial charge < -0.3 is 16.2 Å². The second-order valence-electron chi connectivity index (χ2n) is 7.04. The van der Waals surface area contributed by atoms with E-state index in [1.54, 1.807) is 0 Å². The van der Waals surface area contributed by atoms with Gasteiger partial charge in [-0.05, 0) is 50.9 Å². The van der Waals surface area contributed by atoms with E-state index >= 15 is 0 Å². The summed E-state index contributed by atoms with van der Waals surface area (Å²) in [6, 6.07) is 0.00634. The highest BCUT2D eigenvalue weighted by Gasteiger charge is 2.51. The van der Waals surface area contributed by atoms with E-state index in [-0.39, 0.29) is 35.7 Å². The number of carboxylic acid groups (broad SMARTS) is 1. The molecule has 2 aliphatic carbocycles. The summed E-state index contributed by atoms with van der Waals surface area (Å²) < 4.78 is 0. The number of hydrogen-bond acceptors (Lipinski definition) is 3. The molecule has 0 aromatic rings. The Balaban J connectivity index is 1.85. The van der Waals surface area contributed by atoms with Crippen LogP contribution in [0.2, 0.25) is 0 Å². The number of rotatable bonds is 7. The maximum atomic E-state index is 12.3. The summed E-state index contributed by atoms with van der Waals surface area (Å²) in [5.74, 6) is -0.593. The van der Waals surface area contributed by atoms with Crippen LogP contribution in [0, 0.1) is 23.7 Å². The van der Waals surface area contributed by atoms with Crippen LogP contribution in [0.25, 0.3) is 0 Å². The third-order valence-electron chi connectivity index (χ3n) is 5.25. The van der Waals surface area contributed by atoms with Crippen molar-refractivity contribution in [1.29, 1.82) is 0 Å². The molecule has 0 radical (unpaired) electrons. The van der Waals surface area contributed by atoms with Crippen molar-refractivity contribution in [2.24, 2.45) is 29.4 Å². The van der Waals surface area contributed by atoms with Crippen molar-refractivity contribution in [3.05, 3.63) is 0 Å². The number of carboxylic acids is 1. The molecule has 0 aromatic heterocycles. The number of nitrogens with one attached hydrogen (secondary N) is 1. The van der Waals surface area contributed by atoms with Gasteiger partial charge in [0.25, 0.3) is 0 Å². The first-order valence-corrected chi connectivity index (χ1v) is 8.19. The van der Waals surface area contributed by atoms with Crippen LogP contribution in [0.1, 0.15) is 52.4 Å². The normalized spacial score (nSPS) is 33.7. The number of carbonyl (C=O) groups is 2. The molecule has 2 bridgehead atoms. The first-order valence-electron chi connectivity index (χ1n) is 8.19. The second-order valence-corrected chi connectivity index (χ2v) is 7.04. The Kier molecular flexibility index (Phi) is 5.25. The van der Waals surface area contributed by atoms with Gasteiger partial charge in [-0.15, -0.1) is 0 Å². The fraction of sp³-hybridized carbons (Fsp3) is 0.875. The zero-order valence-electron chi connectivity index (χ0n) is 13.0. The second kappa shape index (κ2) is 6.77. The molecule has 2 fully saturated rings. The van der Waals surface area contributed by atoms with E-state index < -0.39 is 5.97 Å². The summed E-state index contributed by atoms with van der Waals surface area (Å²) >= 11 is 0. The van der Waals surface area contributed by atoms with Crippen LogP contribution in [0.5, 0.6) is 0 Å². The third-order valence-corrected chi connectivity index (χ3v) is 5.25. The smallest absolute Gasteiger partial charge is 0.308 e. The number of nitrogens with two attached hydrogens (primary N) is 1. The fourth-order valence-corrected chi connectivity index (χ4v) is 4.04. The van der Waals surface area contributed by atoms with Crippen LogP contribution in [0.3, 0.4) is 0 Å². The van der Waals surface area contributed by atoms with Crippen molar-refractivity contribution in [1.82, 2.24) is 5.32 Å². The van der Waals surface area contributed by atoms with E-state index in [0.717, 1.165) is 38.5 Å². The Morgan fingerprint density at radius 1 is 1.24 bits per heavy atom. The Morgan fingerprint density at radius 3 is 2.52 bits per heavy atom. The fourth-order valence-electron chi connectivity index (χ4n) is 4.04. The van der Waals surface area contributed by atoms with E-state index in [0.29, 0.717) is 5.92 Å². The maximum absolute atomic E-state index is 12.3. The van der Waals surface area contributed by atoms with Gasteiger partial charge in [0, 0.05) is 18.0 Å². The summed E-state index contributed by atoms with van der Waals surface area (Å²) in [7, 11) is 0. The molecule has 0 saturated heterocycles. The molecule has 5 heteroatoms. The predicted octanol–water partition coefficient (Wildman–Crippen LogP) is 1.76. The van der Waals surface area contributed by atoms with Gasteiger partial charge in [0.1, 0.15) is 0 Å². The van der Waals surface area contributed by atoms with Gasteiger partial charge in [-0.25, -0.2) is 0 Å². The van der Waals surface area contributed by atoms with Crippen LogP contribution < -0.4 is 11.1 Å². The van der Waals surface area contributed by atoms with Gasteiger partial charge >= 0.3 is 5.97 Å². The zero-order valence-corrected chi connectivity index (χ0v) is 13.0. The molecule has 2 rings (SSSR count). The number of aliphatic carboxylic acids is 1. The summed E-state index contributed by atoms with van der Waals surface area (Å²) in [5.41, 5.74) is 5.71. The molecule has 21 heavy (non-hydrogen) atoms. The van der Waals surface area contributed by atoms with Crippen LogP contribution >= 0.6 is 0 Å². The van der Waals surface area contributed by atoms with Crippen molar-refractivity contribution in [2.75, 3.05) is 0 Å². The summed E-state index contributed by atoms with van der Waals surface area (Å²) in [5, 5.41) is 12.4. The maximum Gasteiger partial charge on any atom is 0.308 e. The van der Waals surface area contributed by atoms with E-state index in [4.69, 9.17) is 5.73 Å². The van der Waals surface area contributed by atoms with Crippen molar-refractivity contribution in [3.63, 3.8) is 0 Å². The van der Waals surface area contributed by atoms with Gasteiger partial charge in [-0.1, -0.05) is 13.3 Å². The van der Waals surface area contributed by atoms with E-state index in [1.165, 1.54) is 0 Å². The van der Waals surface area contributed by atoms with Crippen LogP contribution in [0.15, 0.2) is 0 Å². The van der Waals surface area contributed by atoms with Crippen molar-refractivity contribution in [3.8, 4) is 0 Å². The average molecular weight is 296 g/mol. The number of amides is 1. The molecule has 6 atom stereocenters. The van der Waals surface area contributed by atoms with E-state index in [2.05, 4.69) is 5.32 Å². The van der Waals surface area contributed by atoms with Gasteiger partial charge in [0.15, 0.2) is 0 Å². The van der Waals surface area contributed by atoms with Gasteiger partial charge in [-0.3, -0.25) is 9.59 Å². The lowest BCUT2D eigenvalue weighted by Gasteiger charge is -2.30. The first kappa shape index (κ1) is 16.3. The van der Waals surface area contributed by atoms with Crippen molar-refractivity contribution >= 4 is 11.9 Å². The molecule has 1 amide bonds. The highest BCUT2D eigenvalue weighted by Crippen LogP contribution is 2.48. The highest BCUT2D eigenvalue weighted by atomic mass is 16.4. The average Bonchev–Trinajstić information content (AvgIpc) is 2.98. The number of fused-ring (bicyclic) bond motifs is 2. The molecule has 2 saturated carbocycles. The highest BCUT2D eigenvalue weighted by molar-refractivity contribution is 5.80. The minimum Gasteiger partial charge on any atom is -0.481 e. The standard InChI is InChI=1S/C16H28N2O3/c1-9(4-3-5-10(2)17)15(19)18-14-12-7-6-11(8-12)13(14)16(20)21/h9-14H,3-8,17H2,1-2H3,(H,18,19)(H,20,21). The monoisotopic (exact) mass is 296 g/mol. The molecule has 4 N–H and O–H groups in total. The van der Waals surface area contributed by atoms with Gasteiger partial charge in [0.05, 0.1) is 5.92 Å². The summed E-state index contributed by atoms with van der Waals surface area (Å²) in [6.07, 6.45) is 5.68. The molecule has 2 aliphatic rings. The number of hydrogen-bond donors (Lipinski definition) is 3. The van der Waals surface area contributed by atoms with E-state index in [1.807, 2.05) is 13.8 Å². The SMILES string of the molecule is CC(N)CCCC(C)C(=O)NC1C2CCC(C2)C1C(=O)O. The third kappa shape index (κ3) is 3.76. The Bertz CT molecular complexity index is 397. The molecular formula is C16H28N2O3. The molecule has 0 aromatic carbocycles. The lowest BCUT2D eigenvalue weighted by atomic mass is 9.84. The minimum atomic E-state index is -0.753. The zero-order chi connectivity index (χ0) is 15.6. The Hall–Kier alpha value is -1.10. The topological polar surface area (TPSA) is 92.4 Å².